The summed E-state index contributed by atoms with van der Waals surface area (Å²) in [4.78, 5) is 10.3. The molecule has 1 atom stereocenters. The Labute approximate surface area is 82.6 Å². The first-order valence-electron chi connectivity index (χ1n) is 4.49. The van der Waals surface area contributed by atoms with Crippen LogP contribution in [0.25, 0.3) is 0 Å². The van der Waals surface area contributed by atoms with Gasteiger partial charge in [0.25, 0.3) is 0 Å². The largest absolute Gasteiger partial charge is 0.454 e. The van der Waals surface area contributed by atoms with Gasteiger partial charge in [-0.05, 0) is 23.6 Å². The fourth-order valence-corrected chi connectivity index (χ4v) is 1.43. The lowest BCUT2D eigenvalue weighted by Crippen LogP contribution is -1.95. The van der Waals surface area contributed by atoms with Gasteiger partial charge >= 0.3 is 0 Å². The average Bonchev–Trinajstić information content (AvgIpc) is 2.64. The number of ether oxygens (including phenoxy) is 2. The summed E-state index contributed by atoms with van der Waals surface area (Å²) in [6.45, 7) is 2.25. The Kier molecular flexibility index (Phi) is 2.39. The summed E-state index contributed by atoms with van der Waals surface area (Å²) in [6.07, 6.45) is 2.42. The molecule has 3 heteroatoms. The van der Waals surface area contributed by atoms with Crippen LogP contribution in [0.15, 0.2) is 18.2 Å². The molecular formula is C11H11O3. The Bertz CT molecular complexity index is 346. The van der Waals surface area contributed by atoms with Gasteiger partial charge in [0.1, 0.15) is 6.29 Å². The van der Waals surface area contributed by atoms with E-state index in [2.05, 4.69) is 0 Å². The van der Waals surface area contributed by atoms with Crippen LogP contribution in [0.4, 0.5) is 0 Å². The maximum Gasteiger partial charge on any atom is 0.231 e. The number of carbonyl (C=O) groups is 1. The van der Waals surface area contributed by atoms with Crippen molar-refractivity contribution in [3.05, 3.63) is 30.2 Å². The number of hydrogen-bond donors (Lipinski definition) is 0. The summed E-state index contributed by atoms with van der Waals surface area (Å²) in [5.41, 5.74) is 1.06. The van der Waals surface area contributed by atoms with Gasteiger partial charge in [-0.15, -0.1) is 0 Å². The molecule has 1 unspecified atom stereocenters. The fourth-order valence-electron chi connectivity index (χ4n) is 1.43. The predicted molar refractivity (Wildman–Crippen MR) is 51.3 cm³/mol. The Morgan fingerprint density at radius 3 is 2.93 bits per heavy atom. The lowest BCUT2D eigenvalue weighted by atomic mass is 9.98. The second kappa shape index (κ2) is 3.70. The monoisotopic (exact) mass is 191 g/mol. The molecule has 1 aromatic rings. The SMILES string of the molecule is CC([CH]C=O)c1ccc2c(c1)OCO2. The number of aldehydes is 1. The minimum Gasteiger partial charge on any atom is -0.454 e. The van der Waals surface area contributed by atoms with Crippen molar-refractivity contribution < 1.29 is 14.3 Å². The molecule has 14 heavy (non-hydrogen) atoms. The molecule has 1 aromatic carbocycles. The number of hydrogen-bond acceptors (Lipinski definition) is 3. The summed E-state index contributed by atoms with van der Waals surface area (Å²) >= 11 is 0. The van der Waals surface area contributed by atoms with Crippen molar-refractivity contribution in [3.63, 3.8) is 0 Å². The highest BCUT2D eigenvalue weighted by Gasteiger charge is 2.15. The van der Waals surface area contributed by atoms with Crippen LogP contribution in [-0.4, -0.2) is 13.1 Å². The van der Waals surface area contributed by atoms with Crippen LogP contribution < -0.4 is 9.47 Å². The van der Waals surface area contributed by atoms with E-state index in [-0.39, 0.29) is 12.7 Å². The van der Waals surface area contributed by atoms with Crippen molar-refractivity contribution in [2.75, 3.05) is 6.79 Å². The van der Waals surface area contributed by atoms with Crippen LogP contribution >= 0.6 is 0 Å². The molecule has 1 radical (unpaired) electrons. The van der Waals surface area contributed by atoms with Crippen molar-refractivity contribution in [1.29, 1.82) is 0 Å². The fraction of sp³-hybridized carbons (Fsp3) is 0.273. The van der Waals surface area contributed by atoms with Crippen molar-refractivity contribution in [1.82, 2.24) is 0 Å². The zero-order valence-electron chi connectivity index (χ0n) is 7.90. The number of fused-ring (bicyclic) bond motifs is 1. The molecule has 2 rings (SSSR count). The van der Waals surface area contributed by atoms with Crippen LogP contribution in [0.5, 0.6) is 11.5 Å². The summed E-state index contributed by atoms with van der Waals surface area (Å²) in [5, 5.41) is 0. The van der Waals surface area contributed by atoms with Crippen molar-refractivity contribution in [2.45, 2.75) is 12.8 Å². The highest BCUT2D eigenvalue weighted by Crippen LogP contribution is 2.34. The third-order valence-corrected chi connectivity index (χ3v) is 2.29. The summed E-state index contributed by atoms with van der Waals surface area (Å²) < 4.78 is 10.4. The van der Waals surface area contributed by atoms with Crippen LogP contribution in [0.1, 0.15) is 18.4 Å². The molecule has 0 aliphatic carbocycles. The quantitative estimate of drug-likeness (QED) is 0.685. The summed E-state index contributed by atoms with van der Waals surface area (Å²) in [5.74, 6) is 1.64. The van der Waals surface area contributed by atoms with E-state index in [0.29, 0.717) is 0 Å². The molecule has 1 aliphatic heterocycles. The molecule has 0 aromatic heterocycles. The molecule has 3 nitrogen and oxygen atoms in total. The normalized spacial score (nSPS) is 15.2. The molecule has 0 amide bonds. The van der Waals surface area contributed by atoms with Crippen LogP contribution in [0.3, 0.4) is 0 Å². The molecule has 0 saturated heterocycles. The molecule has 1 aliphatic rings. The Hall–Kier alpha value is -1.51. The zero-order valence-corrected chi connectivity index (χ0v) is 7.90. The van der Waals surface area contributed by atoms with E-state index in [1.807, 2.05) is 25.1 Å². The Morgan fingerprint density at radius 1 is 1.36 bits per heavy atom. The number of benzene rings is 1. The van der Waals surface area contributed by atoms with Gasteiger partial charge in [-0.1, -0.05) is 13.0 Å². The van der Waals surface area contributed by atoms with E-state index in [9.17, 15) is 4.79 Å². The van der Waals surface area contributed by atoms with Crippen molar-refractivity contribution in [2.24, 2.45) is 0 Å². The van der Waals surface area contributed by atoms with Crippen LogP contribution in [0, 0.1) is 6.42 Å². The molecule has 0 fully saturated rings. The van der Waals surface area contributed by atoms with Gasteiger partial charge < -0.3 is 14.3 Å². The van der Waals surface area contributed by atoms with E-state index in [4.69, 9.17) is 9.47 Å². The summed E-state index contributed by atoms with van der Waals surface area (Å²) in [6, 6.07) is 5.72. The summed E-state index contributed by atoms with van der Waals surface area (Å²) in [7, 11) is 0. The highest BCUT2D eigenvalue weighted by molar-refractivity contribution is 5.63. The standard InChI is InChI=1S/C11H11O3/c1-8(4-5-12)9-2-3-10-11(6-9)14-7-13-10/h2-6,8H,7H2,1H3. The van der Waals surface area contributed by atoms with E-state index >= 15 is 0 Å². The van der Waals surface area contributed by atoms with E-state index in [1.54, 1.807) is 6.42 Å². The van der Waals surface area contributed by atoms with Gasteiger partial charge in [-0.3, -0.25) is 0 Å². The second-order valence-corrected chi connectivity index (χ2v) is 3.23. The molecule has 0 saturated carbocycles. The molecule has 73 valence electrons. The maximum atomic E-state index is 10.3. The van der Waals surface area contributed by atoms with Crippen molar-refractivity contribution >= 4 is 6.29 Å². The third-order valence-electron chi connectivity index (χ3n) is 2.29. The van der Waals surface area contributed by atoms with Gasteiger partial charge in [0.15, 0.2) is 11.5 Å². The molecule has 1 heterocycles. The lowest BCUT2D eigenvalue weighted by molar-refractivity contribution is -0.105. The predicted octanol–water partition coefficient (Wildman–Crippen LogP) is 1.92. The minimum atomic E-state index is 0.113. The number of rotatable bonds is 3. The van der Waals surface area contributed by atoms with Crippen molar-refractivity contribution in [3.8, 4) is 11.5 Å². The van der Waals surface area contributed by atoms with E-state index in [1.165, 1.54) is 0 Å². The topological polar surface area (TPSA) is 35.5 Å². The van der Waals surface area contributed by atoms with Crippen LogP contribution in [0.2, 0.25) is 0 Å². The number of carbonyl (C=O) groups excluding carboxylic acids is 1. The van der Waals surface area contributed by atoms with Crippen LogP contribution in [-0.2, 0) is 4.79 Å². The minimum absolute atomic E-state index is 0.113. The molecule has 0 bridgehead atoms. The maximum absolute atomic E-state index is 10.3. The Morgan fingerprint density at radius 2 is 2.14 bits per heavy atom. The van der Waals surface area contributed by atoms with Gasteiger partial charge in [0, 0.05) is 6.42 Å². The van der Waals surface area contributed by atoms with E-state index < -0.39 is 0 Å². The van der Waals surface area contributed by atoms with E-state index in [0.717, 1.165) is 23.3 Å². The van der Waals surface area contributed by atoms with Gasteiger partial charge in [0.05, 0.1) is 0 Å². The van der Waals surface area contributed by atoms with Gasteiger partial charge in [-0.25, -0.2) is 0 Å². The first-order valence-corrected chi connectivity index (χ1v) is 4.49. The molecule has 0 N–H and O–H groups in total. The highest BCUT2D eigenvalue weighted by atomic mass is 16.7. The zero-order chi connectivity index (χ0) is 9.97. The first kappa shape index (κ1) is 9.06. The smallest absolute Gasteiger partial charge is 0.231 e. The van der Waals surface area contributed by atoms with Gasteiger partial charge in [0.2, 0.25) is 6.79 Å². The lowest BCUT2D eigenvalue weighted by Gasteiger charge is -2.08. The molecular weight excluding hydrogens is 180 g/mol. The van der Waals surface area contributed by atoms with Gasteiger partial charge in [-0.2, -0.15) is 0 Å². The Balaban J connectivity index is 2.23. The first-order chi connectivity index (χ1) is 6.81. The second-order valence-electron chi connectivity index (χ2n) is 3.23. The molecule has 0 spiro atoms. The third kappa shape index (κ3) is 1.58. The average molecular weight is 191 g/mol.